The summed E-state index contributed by atoms with van der Waals surface area (Å²) in [6, 6.07) is 15.8. The maximum absolute atomic E-state index is 12.7. The van der Waals surface area contributed by atoms with Crippen LogP contribution in [-0.2, 0) is 16.1 Å². The van der Waals surface area contributed by atoms with Crippen molar-refractivity contribution in [1.29, 1.82) is 0 Å². The Bertz CT molecular complexity index is 937. The normalized spacial score (nSPS) is 12.1. The molecule has 1 unspecified atom stereocenters. The SMILES string of the molecule is COCCn1c(SC(C)C(=O)Nc2ccc(N(C)C)cc2)nc2ccccc21. The molecule has 7 heteroatoms. The first-order valence-electron chi connectivity index (χ1n) is 9.18. The molecular weight excluding hydrogens is 372 g/mol. The molecule has 0 fully saturated rings. The Morgan fingerprint density at radius 1 is 1.21 bits per heavy atom. The summed E-state index contributed by atoms with van der Waals surface area (Å²) in [5.41, 5.74) is 3.85. The van der Waals surface area contributed by atoms with Crippen LogP contribution >= 0.6 is 11.8 Å². The van der Waals surface area contributed by atoms with Crippen molar-refractivity contribution in [2.45, 2.75) is 23.9 Å². The van der Waals surface area contributed by atoms with Gasteiger partial charge in [-0.3, -0.25) is 4.79 Å². The van der Waals surface area contributed by atoms with E-state index in [4.69, 9.17) is 9.72 Å². The summed E-state index contributed by atoms with van der Waals surface area (Å²) in [5.74, 6) is -0.0482. The average molecular weight is 399 g/mol. The van der Waals surface area contributed by atoms with E-state index in [1.165, 1.54) is 11.8 Å². The van der Waals surface area contributed by atoms with Crippen LogP contribution < -0.4 is 10.2 Å². The molecule has 1 aromatic heterocycles. The van der Waals surface area contributed by atoms with Crippen molar-refractivity contribution in [1.82, 2.24) is 9.55 Å². The van der Waals surface area contributed by atoms with Crippen LogP contribution in [0.15, 0.2) is 53.7 Å². The van der Waals surface area contributed by atoms with Crippen LogP contribution in [0.2, 0.25) is 0 Å². The lowest BCUT2D eigenvalue weighted by molar-refractivity contribution is -0.115. The third kappa shape index (κ3) is 4.66. The molecule has 28 heavy (non-hydrogen) atoms. The summed E-state index contributed by atoms with van der Waals surface area (Å²) in [4.78, 5) is 19.4. The zero-order chi connectivity index (χ0) is 20.1. The second-order valence-corrected chi connectivity index (χ2v) is 8.03. The highest BCUT2D eigenvalue weighted by Gasteiger charge is 2.19. The molecule has 0 aliphatic rings. The van der Waals surface area contributed by atoms with Crippen LogP contribution in [0.5, 0.6) is 0 Å². The van der Waals surface area contributed by atoms with Crippen LogP contribution in [0.25, 0.3) is 11.0 Å². The predicted octanol–water partition coefficient (Wildman–Crippen LogP) is 3.87. The maximum Gasteiger partial charge on any atom is 0.237 e. The number of carbonyl (C=O) groups is 1. The summed E-state index contributed by atoms with van der Waals surface area (Å²) in [6.45, 7) is 3.18. The fraction of sp³-hybridized carbons (Fsp3) is 0.333. The number of benzene rings is 2. The Balaban J connectivity index is 1.72. The van der Waals surface area contributed by atoms with E-state index >= 15 is 0 Å². The van der Waals surface area contributed by atoms with Crippen molar-refractivity contribution in [3.63, 3.8) is 0 Å². The first-order chi connectivity index (χ1) is 13.5. The Morgan fingerprint density at radius 3 is 2.61 bits per heavy atom. The van der Waals surface area contributed by atoms with Gasteiger partial charge in [0.05, 0.1) is 22.9 Å². The fourth-order valence-electron chi connectivity index (χ4n) is 2.84. The molecule has 0 radical (unpaired) electrons. The number of anilines is 2. The van der Waals surface area contributed by atoms with E-state index < -0.39 is 0 Å². The van der Waals surface area contributed by atoms with E-state index in [-0.39, 0.29) is 11.2 Å². The molecule has 1 N–H and O–H groups in total. The number of para-hydroxylation sites is 2. The topological polar surface area (TPSA) is 59.4 Å². The lowest BCUT2D eigenvalue weighted by Gasteiger charge is -2.15. The summed E-state index contributed by atoms with van der Waals surface area (Å²) in [5, 5.41) is 3.52. The minimum absolute atomic E-state index is 0.0482. The second-order valence-electron chi connectivity index (χ2n) is 6.72. The maximum atomic E-state index is 12.7. The Morgan fingerprint density at radius 2 is 1.93 bits per heavy atom. The van der Waals surface area contributed by atoms with Crippen molar-refractivity contribution in [2.24, 2.45) is 0 Å². The number of aromatic nitrogens is 2. The number of nitrogens with zero attached hydrogens (tertiary/aromatic N) is 3. The van der Waals surface area contributed by atoms with Gasteiger partial charge in [0.15, 0.2) is 5.16 Å². The quantitative estimate of drug-likeness (QED) is 0.584. The smallest absolute Gasteiger partial charge is 0.237 e. The van der Waals surface area contributed by atoms with Gasteiger partial charge in [-0.25, -0.2) is 4.98 Å². The van der Waals surface area contributed by atoms with Gasteiger partial charge in [0.25, 0.3) is 0 Å². The minimum atomic E-state index is -0.286. The predicted molar refractivity (Wildman–Crippen MR) is 116 cm³/mol. The molecule has 6 nitrogen and oxygen atoms in total. The van der Waals surface area contributed by atoms with Crippen molar-refractivity contribution < 1.29 is 9.53 Å². The number of hydrogen-bond donors (Lipinski definition) is 1. The van der Waals surface area contributed by atoms with Crippen molar-refractivity contribution >= 4 is 40.1 Å². The molecule has 1 heterocycles. The number of carbonyl (C=O) groups excluding carboxylic acids is 1. The number of rotatable bonds is 8. The fourth-order valence-corrected chi connectivity index (χ4v) is 3.79. The van der Waals surface area contributed by atoms with Gasteiger partial charge in [0.1, 0.15) is 0 Å². The summed E-state index contributed by atoms with van der Waals surface area (Å²) in [7, 11) is 5.66. The Labute approximate surface area is 169 Å². The number of thioether (sulfide) groups is 1. The number of amides is 1. The highest BCUT2D eigenvalue weighted by Crippen LogP contribution is 2.28. The van der Waals surface area contributed by atoms with Gasteiger partial charge in [0, 0.05) is 39.1 Å². The van der Waals surface area contributed by atoms with Gasteiger partial charge in [-0.1, -0.05) is 23.9 Å². The Hall–Kier alpha value is -2.51. The standard InChI is InChI=1S/C21H26N4O2S/c1-15(20(26)22-16-9-11-17(12-10-16)24(2)3)28-21-23-18-7-5-6-8-19(18)25(21)13-14-27-4/h5-12,15H,13-14H2,1-4H3,(H,22,26). The molecule has 2 aromatic carbocycles. The van der Waals surface area contributed by atoms with E-state index in [0.717, 1.165) is 27.6 Å². The van der Waals surface area contributed by atoms with E-state index in [9.17, 15) is 4.79 Å². The number of nitrogens with one attached hydrogen (secondary N) is 1. The molecular formula is C21H26N4O2S. The first-order valence-corrected chi connectivity index (χ1v) is 10.1. The van der Waals surface area contributed by atoms with Crippen LogP contribution in [0.3, 0.4) is 0 Å². The number of fused-ring (bicyclic) bond motifs is 1. The van der Waals surface area contributed by atoms with Crippen LogP contribution in [0.4, 0.5) is 11.4 Å². The number of ether oxygens (including phenoxy) is 1. The van der Waals surface area contributed by atoms with Gasteiger partial charge < -0.3 is 19.5 Å². The van der Waals surface area contributed by atoms with E-state index in [1.807, 2.05) is 74.4 Å². The zero-order valence-corrected chi connectivity index (χ0v) is 17.5. The first kappa shape index (κ1) is 20.2. The summed E-state index contributed by atoms with van der Waals surface area (Å²) >= 11 is 1.46. The number of methoxy groups -OCH3 is 1. The largest absolute Gasteiger partial charge is 0.383 e. The van der Waals surface area contributed by atoms with E-state index in [2.05, 4.69) is 9.88 Å². The van der Waals surface area contributed by atoms with Crippen molar-refractivity contribution in [3.05, 3.63) is 48.5 Å². The molecule has 3 rings (SSSR count). The lowest BCUT2D eigenvalue weighted by Crippen LogP contribution is -2.23. The zero-order valence-electron chi connectivity index (χ0n) is 16.7. The molecule has 0 saturated heterocycles. The minimum Gasteiger partial charge on any atom is -0.383 e. The van der Waals surface area contributed by atoms with E-state index in [0.29, 0.717) is 13.2 Å². The second kappa shape index (κ2) is 9.12. The molecule has 0 spiro atoms. The van der Waals surface area contributed by atoms with E-state index in [1.54, 1.807) is 7.11 Å². The number of hydrogen-bond acceptors (Lipinski definition) is 5. The van der Waals surface area contributed by atoms with Crippen molar-refractivity contribution in [2.75, 3.05) is 38.0 Å². The average Bonchev–Trinajstić information content (AvgIpc) is 3.03. The molecule has 3 aromatic rings. The van der Waals surface area contributed by atoms with Crippen LogP contribution in [0.1, 0.15) is 6.92 Å². The molecule has 148 valence electrons. The molecule has 0 saturated carbocycles. The molecule has 0 bridgehead atoms. The molecule has 1 atom stereocenters. The van der Waals surface area contributed by atoms with Gasteiger partial charge >= 0.3 is 0 Å². The lowest BCUT2D eigenvalue weighted by atomic mass is 10.2. The van der Waals surface area contributed by atoms with Crippen molar-refractivity contribution in [3.8, 4) is 0 Å². The number of imidazole rings is 1. The summed E-state index contributed by atoms with van der Waals surface area (Å²) < 4.78 is 7.35. The molecule has 0 aliphatic carbocycles. The molecule has 0 aliphatic heterocycles. The monoisotopic (exact) mass is 398 g/mol. The highest BCUT2D eigenvalue weighted by molar-refractivity contribution is 8.00. The van der Waals surface area contributed by atoms with Gasteiger partial charge in [-0.15, -0.1) is 0 Å². The van der Waals surface area contributed by atoms with Crippen LogP contribution in [0, 0.1) is 0 Å². The Kier molecular flexibility index (Phi) is 6.59. The van der Waals surface area contributed by atoms with Crippen LogP contribution in [-0.4, -0.2) is 48.5 Å². The third-order valence-corrected chi connectivity index (χ3v) is 5.53. The highest BCUT2D eigenvalue weighted by atomic mass is 32.2. The van der Waals surface area contributed by atoms with Gasteiger partial charge in [-0.2, -0.15) is 0 Å². The summed E-state index contributed by atoms with van der Waals surface area (Å²) in [6.07, 6.45) is 0. The third-order valence-electron chi connectivity index (χ3n) is 4.44. The van der Waals surface area contributed by atoms with Gasteiger partial charge in [0.2, 0.25) is 5.91 Å². The van der Waals surface area contributed by atoms with Gasteiger partial charge in [-0.05, 0) is 43.3 Å². The molecule has 1 amide bonds.